The van der Waals surface area contributed by atoms with Crippen LogP contribution in [0.3, 0.4) is 0 Å². The molecule has 2 aromatic rings. The molecule has 3 heteroatoms. The van der Waals surface area contributed by atoms with Crippen LogP contribution in [-0.4, -0.2) is 32.1 Å². The van der Waals surface area contributed by atoms with Crippen LogP contribution in [0.1, 0.15) is 18.4 Å². The molecule has 0 bridgehead atoms. The molecule has 1 heterocycles. The summed E-state index contributed by atoms with van der Waals surface area (Å²) in [6.07, 6.45) is 4.68. The highest BCUT2D eigenvalue weighted by atomic mass is 16.5. The molecule has 0 N–H and O–H groups in total. The van der Waals surface area contributed by atoms with Crippen LogP contribution >= 0.6 is 0 Å². The van der Waals surface area contributed by atoms with Crippen LogP contribution in [0.25, 0.3) is 5.70 Å². The van der Waals surface area contributed by atoms with Crippen molar-refractivity contribution in [2.45, 2.75) is 12.8 Å². The largest absolute Gasteiger partial charge is 0.497 e. The van der Waals surface area contributed by atoms with E-state index in [-0.39, 0.29) is 0 Å². The van der Waals surface area contributed by atoms with E-state index in [2.05, 4.69) is 65.5 Å². The number of ether oxygens (including phenoxy) is 1. The molecule has 2 aromatic carbocycles. The van der Waals surface area contributed by atoms with Crippen molar-refractivity contribution < 1.29 is 4.74 Å². The number of rotatable bonds is 3. The molecule has 0 saturated heterocycles. The van der Waals surface area contributed by atoms with Gasteiger partial charge in [-0.1, -0.05) is 18.2 Å². The summed E-state index contributed by atoms with van der Waals surface area (Å²) >= 11 is 0. The van der Waals surface area contributed by atoms with Crippen LogP contribution in [0, 0.1) is 0 Å². The van der Waals surface area contributed by atoms with Crippen LogP contribution in [0.5, 0.6) is 5.75 Å². The van der Waals surface area contributed by atoms with Gasteiger partial charge in [-0.05, 0) is 54.8 Å². The molecule has 0 spiro atoms. The van der Waals surface area contributed by atoms with Crippen molar-refractivity contribution in [2.24, 2.45) is 0 Å². The molecular weight excluding hydrogens is 284 g/mol. The van der Waals surface area contributed by atoms with Crippen LogP contribution in [0.15, 0.2) is 60.8 Å². The van der Waals surface area contributed by atoms with Gasteiger partial charge in [-0.15, -0.1) is 0 Å². The van der Waals surface area contributed by atoms with E-state index in [1.807, 2.05) is 12.1 Å². The Morgan fingerprint density at radius 2 is 1.57 bits per heavy atom. The Balaban J connectivity index is 1.97. The fraction of sp³-hybridized carbons (Fsp3) is 0.300. The van der Waals surface area contributed by atoms with Crippen molar-refractivity contribution in [1.29, 1.82) is 0 Å². The highest BCUT2D eigenvalue weighted by Crippen LogP contribution is 2.26. The topological polar surface area (TPSA) is 15.7 Å². The molecule has 1 aliphatic heterocycles. The predicted molar refractivity (Wildman–Crippen MR) is 96.6 cm³/mol. The average molecular weight is 308 g/mol. The van der Waals surface area contributed by atoms with Crippen LogP contribution in [0.2, 0.25) is 0 Å². The molecule has 0 aliphatic carbocycles. The van der Waals surface area contributed by atoms with Gasteiger partial charge in [-0.3, -0.25) is 0 Å². The summed E-state index contributed by atoms with van der Waals surface area (Å²) in [4.78, 5) is 4.70. The lowest BCUT2D eigenvalue weighted by atomic mass is 10.1. The third kappa shape index (κ3) is 3.67. The fourth-order valence-corrected chi connectivity index (χ4v) is 2.94. The van der Waals surface area contributed by atoms with E-state index in [0.717, 1.165) is 18.8 Å². The summed E-state index contributed by atoms with van der Waals surface area (Å²) in [6.45, 7) is 2.14. The van der Waals surface area contributed by atoms with Gasteiger partial charge in [-0.25, -0.2) is 0 Å². The monoisotopic (exact) mass is 308 g/mol. The molecule has 0 fully saturated rings. The van der Waals surface area contributed by atoms with E-state index in [0.29, 0.717) is 0 Å². The molecule has 23 heavy (non-hydrogen) atoms. The quantitative estimate of drug-likeness (QED) is 0.844. The second-order valence-corrected chi connectivity index (χ2v) is 5.90. The van der Waals surface area contributed by atoms with Crippen LogP contribution < -0.4 is 9.64 Å². The zero-order valence-electron chi connectivity index (χ0n) is 13.9. The minimum Gasteiger partial charge on any atom is -0.497 e. The molecule has 0 amide bonds. The summed E-state index contributed by atoms with van der Waals surface area (Å²) < 4.78 is 5.28. The summed E-state index contributed by atoms with van der Waals surface area (Å²) in [6, 6.07) is 18.9. The number of nitrogens with zero attached hydrogens (tertiary/aromatic N) is 2. The first-order chi connectivity index (χ1) is 11.3. The van der Waals surface area contributed by atoms with Gasteiger partial charge in [0, 0.05) is 32.0 Å². The zero-order chi connectivity index (χ0) is 16.1. The highest BCUT2D eigenvalue weighted by molar-refractivity contribution is 5.68. The number of methoxy groups -OCH3 is 1. The van der Waals surface area contributed by atoms with E-state index < -0.39 is 0 Å². The minimum atomic E-state index is 0.891. The van der Waals surface area contributed by atoms with E-state index in [1.165, 1.54) is 29.8 Å². The molecule has 1 aliphatic rings. The van der Waals surface area contributed by atoms with E-state index in [9.17, 15) is 0 Å². The van der Waals surface area contributed by atoms with E-state index in [1.54, 1.807) is 7.11 Å². The zero-order valence-corrected chi connectivity index (χ0v) is 13.9. The molecule has 3 rings (SSSR count). The fourth-order valence-electron chi connectivity index (χ4n) is 2.94. The summed E-state index contributed by atoms with van der Waals surface area (Å²) in [7, 11) is 3.87. The Hall–Kier alpha value is -2.42. The first-order valence-electron chi connectivity index (χ1n) is 8.17. The molecule has 0 aromatic heterocycles. The Morgan fingerprint density at radius 3 is 2.26 bits per heavy atom. The number of para-hydroxylation sites is 1. The number of hydrogen-bond donors (Lipinski definition) is 0. The van der Waals surface area contributed by atoms with Crippen molar-refractivity contribution in [1.82, 2.24) is 4.90 Å². The molecule has 0 atom stereocenters. The molecule has 120 valence electrons. The van der Waals surface area contributed by atoms with Gasteiger partial charge in [-0.2, -0.15) is 0 Å². The van der Waals surface area contributed by atoms with Crippen molar-refractivity contribution in [3.63, 3.8) is 0 Å². The summed E-state index contributed by atoms with van der Waals surface area (Å²) in [5.74, 6) is 0.891. The Kier molecular flexibility index (Phi) is 4.86. The van der Waals surface area contributed by atoms with E-state index in [4.69, 9.17) is 4.74 Å². The van der Waals surface area contributed by atoms with Crippen molar-refractivity contribution in [3.8, 4) is 5.75 Å². The van der Waals surface area contributed by atoms with Crippen LogP contribution in [-0.2, 0) is 0 Å². The molecule has 0 unspecified atom stereocenters. The first kappa shape index (κ1) is 15.5. The van der Waals surface area contributed by atoms with Crippen molar-refractivity contribution in [3.05, 3.63) is 66.4 Å². The maximum absolute atomic E-state index is 5.28. The lowest BCUT2D eigenvalue weighted by Gasteiger charge is -2.30. The first-order valence-corrected chi connectivity index (χ1v) is 8.17. The maximum atomic E-state index is 5.28. The Bertz CT molecular complexity index is 649. The smallest absolute Gasteiger partial charge is 0.118 e. The molecule has 0 saturated carbocycles. The SMILES string of the molecule is COc1ccc(/C2=C/N(c3ccccc3)CCCCN2C)cc1. The lowest BCUT2D eigenvalue weighted by molar-refractivity contribution is 0.414. The maximum Gasteiger partial charge on any atom is 0.118 e. The second-order valence-electron chi connectivity index (χ2n) is 5.90. The molecular formula is C20H24N2O. The minimum absolute atomic E-state index is 0.891. The van der Waals surface area contributed by atoms with Crippen molar-refractivity contribution >= 4 is 11.4 Å². The van der Waals surface area contributed by atoms with Gasteiger partial charge in [0.15, 0.2) is 0 Å². The molecule has 3 nitrogen and oxygen atoms in total. The normalized spacial score (nSPS) is 17.9. The Morgan fingerprint density at radius 1 is 0.870 bits per heavy atom. The standard InChI is InChI=1S/C20H24N2O/c1-21-14-6-7-15-22(18-8-4-3-5-9-18)16-20(21)17-10-12-19(23-2)13-11-17/h3-5,8-13,16H,6-7,14-15H2,1-2H3/b20-16-. The Labute approximate surface area is 138 Å². The predicted octanol–water partition coefficient (Wildman–Crippen LogP) is 4.23. The third-order valence-electron chi connectivity index (χ3n) is 4.31. The molecule has 0 radical (unpaired) electrons. The van der Waals surface area contributed by atoms with Gasteiger partial charge < -0.3 is 14.5 Å². The van der Waals surface area contributed by atoms with Gasteiger partial charge in [0.1, 0.15) is 5.75 Å². The van der Waals surface area contributed by atoms with Gasteiger partial charge in [0.2, 0.25) is 0 Å². The van der Waals surface area contributed by atoms with Gasteiger partial charge in [0.25, 0.3) is 0 Å². The van der Waals surface area contributed by atoms with Crippen molar-refractivity contribution in [2.75, 3.05) is 32.1 Å². The van der Waals surface area contributed by atoms with E-state index >= 15 is 0 Å². The number of benzene rings is 2. The average Bonchev–Trinajstić information content (AvgIpc) is 2.60. The van der Waals surface area contributed by atoms with Crippen LogP contribution in [0.4, 0.5) is 5.69 Å². The lowest BCUT2D eigenvalue weighted by Crippen LogP contribution is -2.27. The second kappa shape index (κ2) is 7.23. The summed E-state index contributed by atoms with van der Waals surface area (Å²) in [5, 5.41) is 0. The third-order valence-corrected chi connectivity index (χ3v) is 4.31. The highest BCUT2D eigenvalue weighted by Gasteiger charge is 2.14. The number of hydrogen-bond acceptors (Lipinski definition) is 3. The number of anilines is 1. The summed E-state index contributed by atoms with van der Waals surface area (Å²) in [5.41, 5.74) is 3.71. The van der Waals surface area contributed by atoms with Gasteiger partial charge in [0.05, 0.1) is 12.8 Å². The van der Waals surface area contributed by atoms with Gasteiger partial charge >= 0.3 is 0 Å².